The average Bonchev–Trinajstić information content (AvgIpc) is 4.10. The van der Waals surface area contributed by atoms with Crippen molar-refractivity contribution in [3.63, 3.8) is 0 Å². The number of phenolic OH excluding ortho intramolecular Hbond substituents is 8. The molecular formula is C57H52Cl2N10O13. The number of phenols is 8. The molecule has 0 saturated carbocycles. The third-order valence-electron chi connectivity index (χ3n) is 10.7. The minimum atomic E-state index is -0.652. The molecule has 0 bridgehead atoms. The predicted octanol–water partition coefficient (Wildman–Crippen LogP) is 8.59. The number of furan rings is 1. The summed E-state index contributed by atoms with van der Waals surface area (Å²) in [6.45, 7) is 5.85. The van der Waals surface area contributed by atoms with Crippen LogP contribution in [-0.2, 0) is 0 Å². The van der Waals surface area contributed by atoms with Gasteiger partial charge in [-0.15, -0.1) is 0 Å². The smallest absolute Gasteiger partial charge is 0.307 e. The van der Waals surface area contributed by atoms with Gasteiger partial charge in [0.25, 0.3) is 17.7 Å². The number of carbonyl (C=O) groups excluding carboxylic acids is 4. The number of anilines is 1. The van der Waals surface area contributed by atoms with Gasteiger partial charge in [-0.1, -0.05) is 59.6 Å². The second kappa shape index (κ2) is 31.5. The molecule has 0 aliphatic rings. The van der Waals surface area contributed by atoms with Crippen LogP contribution in [0.15, 0.2) is 183 Å². The second-order valence-corrected chi connectivity index (χ2v) is 17.1. The average molecular weight is 1160 g/mol. The van der Waals surface area contributed by atoms with Crippen molar-refractivity contribution in [2.24, 2.45) is 20.4 Å². The molecule has 0 unspecified atom stereocenters. The number of hydrogen-bond donors (Lipinski definition) is 12. The van der Waals surface area contributed by atoms with E-state index in [4.69, 9.17) is 37.8 Å². The van der Waals surface area contributed by atoms with Gasteiger partial charge in [0.15, 0.2) is 28.8 Å². The van der Waals surface area contributed by atoms with E-state index in [2.05, 4.69) is 65.8 Å². The lowest BCUT2D eigenvalue weighted by molar-refractivity contribution is 0.0923. The van der Waals surface area contributed by atoms with Gasteiger partial charge in [-0.05, 0) is 111 Å². The summed E-state index contributed by atoms with van der Waals surface area (Å²) in [5.74, 6) is -4.81. The number of hydrogen-bond acceptors (Lipinski definition) is 19. The van der Waals surface area contributed by atoms with Crippen LogP contribution in [0, 0.1) is 0 Å². The minimum absolute atomic E-state index is 0.0925. The van der Waals surface area contributed by atoms with Crippen LogP contribution in [0.2, 0.25) is 10.0 Å². The van der Waals surface area contributed by atoms with Crippen LogP contribution >= 0.6 is 23.2 Å². The van der Waals surface area contributed by atoms with E-state index in [0.717, 1.165) is 31.2 Å². The highest BCUT2D eigenvalue weighted by Crippen LogP contribution is 2.37. The van der Waals surface area contributed by atoms with Gasteiger partial charge >= 0.3 is 5.91 Å². The first kappa shape index (κ1) is 61.9. The molecular weight excluding hydrogens is 1100 g/mol. The van der Waals surface area contributed by atoms with Gasteiger partial charge in [0.1, 0.15) is 11.5 Å². The Morgan fingerprint density at radius 2 is 0.951 bits per heavy atom. The Hall–Kier alpha value is -10.9. The molecule has 0 spiro atoms. The zero-order valence-corrected chi connectivity index (χ0v) is 44.8. The van der Waals surface area contributed by atoms with Gasteiger partial charge in [-0.2, -0.15) is 20.4 Å². The molecule has 2 aromatic heterocycles. The number of nitrogens with one attached hydrogen (secondary N) is 4. The molecule has 0 saturated heterocycles. The van der Waals surface area contributed by atoms with Crippen LogP contribution in [0.3, 0.4) is 0 Å². The fraction of sp³-hybridized carbons (Fsp3) is 0.0702. The largest absolute Gasteiger partial charge is 0.507 e. The summed E-state index contributed by atoms with van der Waals surface area (Å²) in [4.78, 5) is 52.6. The molecule has 422 valence electrons. The van der Waals surface area contributed by atoms with Crippen LogP contribution in [0.5, 0.6) is 46.0 Å². The molecule has 25 heteroatoms. The molecule has 2 heterocycles. The SMILES string of the molecule is CCN(CC)c1ccc(/C=N/NC(=O)c2cccnc2)c(O)c1.O=C(N/N=C/c1cc(Cl)cc(Cl)c1O)c1ccccc1.O=C(N/N=C/c1ccc(O)c(O)c1O)c1ccccc1.O=C(N/N=C/c1ccc(O)c(O)c1O)c1ccco1. The van der Waals surface area contributed by atoms with Gasteiger partial charge in [0.05, 0.1) is 41.7 Å². The molecule has 8 aromatic rings. The predicted molar refractivity (Wildman–Crippen MR) is 309 cm³/mol. The molecule has 8 rings (SSSR count). The molecule has 4 amide bonds. The van der Waals surface area contributed by atoms with Crippen LogP contribution in [0.25, 0.3) is 0 Å². The van der Waals surface area contributed by atoms with Crippen LogP contribution in [0.4, 0.5) is 5.69 Å². The second-order valence-electron chi connectivity index (χ2n) is 16.2. The maximum absolute atomic E-state index is 11.8. The first-order chi connectivity index (χ1) is 39.4. The van der Waals surface area contributed by atoms with Gasteiger partial charge < -0.3 is 50.2 Å². The molecule has 23 nitrogen and oxygen atoms in total. The van der Waals surface area contributed by atoms with E-state index >= 15 is 0 Å². The summed E-state index contributed by atoms with van der Waals surface area (Å²) < 4.78 is 4.85. The lowest BCUT2D eigenvalue weighted by atomic mass is 10.2. The van der Waals surface area contributed by atoms with E-state index in [1.807, 2.05) is 12.1 Å². The van der Waals surface area contributed by atoms with Crippen molar-refractivity contribution in [1.29, 1.82) is 0 Å². The van der Waals surface area contributed by atoms with Gasteiger partial charge in [0.2, 0.25) is 11.5 Å². The maximum atomic E-state index is 11.8. The van der Waals surface area contributed by atoms with Gasteiger partial charge in [0, 0.05) is 75.6 Å². The maximum Gasteiger partial charge on any atom is 0.307 e. The molecule has 0 aliphatic heterocycles. The van der Waals surface area contributed by atoms with Crippen molar-refractivity contribution in [1.82, 2.24) is 26.7 Å². The number of hydrazone groups is 4. The third kappa shape index (κ3) is 18.6. The fourth-order valence-corrected chi connectivity index (χ4v) is 6.97. The lowest BCUT2D eigenvalue weighted by Gasteiger charge is -2.21. The summed E-state index contributed by atoms with van der Waals surface area (Å²) in [6, 6.07) is 36.8. The number of carbonyl (C=O) groups is 4. The Morgan fingerprint density at radius 1 is 0.488 bits per heavy atom. The quantitative estimate of drug-likeness (QED) is 0.0260. The number of benzene rings is 6. The number of halogens is 2. The van der Waals surface area contributed by atoms with Gasteiger partial charge in [-0.25, -0.2) is 21.7 Å². The van der Waals surface area contributed by atoms with Crippen molar-refractivity contribution < 1.29 is 64.4 Å². The van der Waals surface area contributed by atoms with Crippen LogP contribution in [0.1, 0.15) is 77.7 Å². The highest BCUT2D eigenvalue weighted by molar-refractivity contribution is 6.36. The van der Waals surface area contributed by atoms with Gasteiger partial charge in [-0.3, -0.25) is 24.2 Å². The van der Waals surface area contributed by atoms with Crippen molar-refractivity contribution in [3.8, 4) is 46.0 Å². The number of aromatic hydroxyl groups is 8. The molecule has 82 heavy (non-hydrogen) atoms. The Balaban J connectivity index is 0.000000201. The third-order valence-corrected chi connectivity index (χ3v) is 11.2. The number of aromatic nitrogens is 1. The normalized spacial score (nSPS) is 10.7. The Labute approximate surface area is 477 Å². The van der Waals surface area contributed by atoms with E-state index in [1.165, 1.54) is 67.4 Å². The molecule has 0 fully saturated rings. The highest BCUT2D eigenvalue weighted by Gasteiger charge is 2.13. The minimum Gasteiger partial charge on any atom is -0.507 e. The van der Waals surface area contributed by atoms with E-state index in [1.54, 1.807) is 91.1 Å². The topological polar surface area (TPSA) is 357 Å². The van der Waals surface area contributed by atoms with E-state index in [0.29, 0.717) is 32.8 Å². The molecule has 0 aliphatic carbocycles. The molecule has 0 atom stereocenters. The van der Waals surface area contributed by atoms with E-state index in [-0.39, 0.29) is 45.2 Å². The monoisotopic (exact) mass is 1150 g/mol. The van der Waals surface area contributed by atoms with E-state index in [9.17, 15) is 49.8 Å². The number of pyridine rings is 1. The zero-order valence-electron chi connectivity index (χ0n) is 43.3. The zero-order chi connectivity index (χ0) is 59.6. The standard InChI is InChI=1S/C17H20N4O2.C14H10Cl2N2O2.C14H12N2O4.C12H10N2O5/c1-3-21(4-2)15-8-7-13(16(22)10-15)12-19-20-17(23)14-6-5-9-18-11-14;15-11-6-10(13(19)12(16)7-11)8-17-18-14(20)9-4-2-1-3-5-9;17-11-7-6-10(12(18)13(11)19)8-15-16-14(20)9-4-2-1-3-5-9;15-8-4-3-7(10(16)11(8)17)6-13-14-12(18)9-2-1-5-19-9/h5-12,22H,3-4H2,1-2H3,(H,20,23);1-8,19H,(H,18,20);1-8,17-19H,(H,16,20);1-6,15-17H,(H,14,18)/b19-12+;17-8+;15-8+;13-6+. The number of rotatable bonds is 15. The summed E-state index contributed by atoms with van der Waals surface area (Å²) in [7, 11) is 0. The van der Waals surface area contributed by atoms with Crippen molar-refractivity contribution >= 4 is 77.4 Å². The Morgan fingerprint density at radius 3 is 1.41 bits per heavy atom. The number of amides is 4. The summed E-state index contributed by atoms with van der Waals surface area (Å²) in [6.07, 6.45) is 9.37. The molecule has 12 N–H and O–H groups in total. The summed E-state index contributed by atoms with van der Waals surface area (Å²) in [5, 5.41) is 91.1. The van der Waals surface area contributed by atoms with Crippen molar-refractivity contribution in [2.75, 3.05) is 18.0 Å². The molecule has 6 aromatic carbocycles. The Kier molecular flexibility index (Phi) is 23.8. The van der Waals surface area contributed by atoms with Crippen LogP contribution < -0.4 is 26.6 Å². The van der Waals surface area contributed by atoms with Crippen molar-refractivity contribution in [3.05, 3.63) is 213 Å². The lowest BCUT2D eigenvalue weighted by Crippen LogP contribution is -2.21. The highest BCUT2D eigenvalue weighted by atomic mass is 35.5. The summed E-state index contributed by atoms with van der Waals surface area (Å²) >= 11 is 11.6. The Bertz CT molecular complexity index is 3550. The van der Waals surface area contributed by atoms with Crippen molar-refractivity contribution in [2.45, 2.75) is 13.8 Å². The molecule has 0 radical (unpaired) electrons. The first-order valence-electron chi connectivity index (χ1n) is 24.0. The first-order valence-corrected chi connectivity index (χ1v) is 24.8. The summed E-state index contributed by atoms with van der Waals surface area (Å²) in [5.41, 5.74) is 12.7. The fourth-order valence-electron chi connectivity index (χ4n) is 6.46. The van der Waals surface area contributed by atoms with Crippen LogP contribution in [-0.4, -0.2) is 107 Å². The number of nitrogens with zero attached hydrogens (tertiary/aromatic N) is 6. The van der Waals surface area contributed by atoms with E-state index < -0.39 is 46.3 Å².